The third-order valence-electron chi connectivity index (χ3n) is 6.09. The molecule has 33 heavy (non-hydrogen) atoms. The normalized spacial score (nSPS) is 21.9. The summed E-state index contributed by atoms with van der Waals surface area (Å²) in [5.74, 6) is -0.119. The SMILES string of the molecule is COC(=O)N1CCN(C(=O)Cc2ccc(Cl)c(Cl)c2)[C@H](CN2CCCC2)[C@@H]1CNS(C)(=O)=O. The molecule has 0 aromatic heterocycles. The predicted octanol–water partition coefficient (Wildman–Crippen LogP) is 1.83. The van der Waals surface area contributed by atoms with Gasteiger partial charge in [0.1, 0.15) is 0 Å². The highest BCUT2D eigenvalue weighted by atomic mass is 35.5. The van der Waals surface area contributed by atoms with Crippen LogP contribution in [0.25, 0.3) is 0 Å². The fourth-order valence-electron chi connectivity index (χ4n) is 4.47. The summed E-state index contributed by atoms with van der Waals surface area (Å²) in [4.78, 5) is 31.4. The number of likely N-dealkylation sites (tertiary alicyclic amines) is 1. The van der Waals surface area contributed by atoms with Crippen molar-refractivity contribution in [3.63, 3.8) is 0 Å². The van der Waals surface area contributed by atoms with Crippen LogP contribution in [0.2, 0.25) is 10.0 Å². The van der Waals surface area contributed by atoms with Gasteiger partial charge in [0.05, 0.1) is 41.9 Å². The third kappa shape index (κ3) is 6.95. The number of benzene rings is 1. The Bertz CT molecular complexity index is 971. The maximum atomic E-state index is 13.4. The summed E-state index contributed by atoms with van der Waals surface area (Å²) in [6, 6.07) is 4.11. The van der Waals surface area contributed by atoms with Crippen LogP contribution in [0.5, 0.6) is 0 Å². The van der Waals surface area contributed by atoms with Gasteiger partial charge < -0.3 is 19.4 Å². The number of rotatable bonds is 7. The first-order chi connectivity index (χ1) is 15.6. The predicted molar refractivity (Wildman–Crippen MR) is 127 cm³/mol. The molecule has 3 rings (SSSR count). The van der Waals surface area contributed by atoms with Crippen molar-refractivity contribution in [2.45, 2.75) is 31.3 Å². The summed E-state index contributed by atoms with van der Waals surface area (Å²) in [5.41, 5.74) is 0.732. The summed E-state index contributed by atoms with van der Waals surface area (Å²) in [6.45, 7) is 2.89. The molecule has 0 unspecified atom stereocenters. The van der Waals surface area contributed by atoms with E-state index in [9.17, 15) is 18.0 Å². The zero-order valence-electron chi connectivity index (χ0n) is 18.8. The molecule has 0 bridgehead atoms. The Kier molecular flexibility index (Phi) is 8.85. The van der Waals surface area contributed by atoms with Gasteiger partial charge in [-0.05, 0) is 43.6 Å². The minimum atomic E-state index is -3.50. The van der Waals surface area contributed by atoms with E-state index in [0.29, 0.717) is 23.1 Å². The molecule has 2 saturated heterocycles. The lowest BCUT2D eigenvalue weighted by atomic mass is 9.99. The Balaban J connectivity index is 1.88. The molecule has 1 aromatic carbocycles. The number of nitrogens with zero attached hydrogens (tertiary/aromatic N) is 3. The monoisotopic (exact) mass is 520 g/mol. The maximum absolute atomic E-state index is 13.4. The summed E-state index contributed by atoms with van der Waals surface area (Å²) in [5, 5.41) is 0.791. The number of nitrogens with one attached hydrogen (secondary N) is 1. The minimum Gasteiger partial charge on any atom is -0.453 e. The van der Waals surface area contributed by atoms with Crippen molar-refractivity contribution in [3.8, 4) is 0 Å². The lowest BCUT2D eigenvalue weighted by Gasteiger charge is -2.48. The van der Waals surface area contributed by atoms with E-state index < -0.39 is 28.2 Å². The topological polar surface area (TPSA) is 99.3 Å². The molecule has 0 radical (unpaired) electrons. The van der Waals surface area contributed by atoms with Crippen molar-refractivity contribution in [2.75, 3.05) is 52.6 Å². The average Bonchev–Trinajstić information content (AvgIpc) is 3.27. The van der Waals surface area contributed by atoms with Gasteiger partial charge in [0.25, 0.3) is 0 Å². The summed E-state index contributed by atoms with van der Waals surface area (Å²) in [7, 11) is -2.21. The number of carbonyl (C=O) groups is 2. The van der Waals surface area contributed by atoms with Crippen LogP contribution >= 0.6 is 23.2 Å². The van der Waals surface area contributed by atoms with E-state index in [1.54, 1.807) is 23.1 Å². The molecule has 0 saturated carbocycles. The highest BCUT2D eigenvalue weighted by Gasteiger charge is 2.42. The van der Waals surface area contributed by atoms with Crippen molar-refractivity contribution >= 4 is 45.2 Å². The first kappa shape index (κ1) is 26.0. The molecule has 2 amide bonds. The molecule has 12 heteroatoms. The van der Waals surface area contributed by atoms with E-state index in [1.807, 2.05) is 0 Å². The number of methoxy groups -OCH3 is 1. The van der Waals surface area contributed by atoms with Crippen molar-refractivity contribution in [1.82, 2.24) is 19.4 Å². The Labute approximate surface area is 205 Å². The van der Waals surface area contributed by atoms with Gasteiger partial charge in [-0.25, -0.2) is 17.9 Å². The molecule has 2 heterocycles. The van der Waals surface area contributed by atoms with Crippen molar-refractivity contribution in [2.24, 2.45) is 0 Å². The number of carbonyl (C=O) groups excluding carboxylic acids is 2. The second-order valence-electron chi connectivity index (χ2n) is 8.44. The molecule has 0 spiro atoms. The lowest BCUT2D eigenvalue weighted by molar-refractivity contribution is -0.137. The number of hydrogen-bond donors (Lipinski definition) is 1. The zero-order valence-corrected chi connectivity index (χ0v) is 21.1. The van der Waals surface area contributed by atoms with Gasteiger partial charge >= 0.3 is 6.09 Å². The molecule has 2 aliphatic heterocycles. The van der Waals surface area contributed by atoms with Crippen molar-refractivity contribution in [3.05, 3.63) is 33.8 Å². The molecule has 2 aliphatic rings. The number of hydrogen-bond acceptors (Lipinski definition) is 6. The third-order valence-corrected chi connectivity index (χ3v) is 7.52. The summed E-state index contributed by atoms with van der Waals surface area (Å²) in [6.07, 6.45) is 2.78. The summed E-state index contributed by atoms with van der Waals surface area (Å²) < 4.78 is 31.1. The maximum Gasteiger partial charge on any atom is 0.409 e. The van der Waals surface area contributed by atoms with E-state index in [2.05, 4.69) is 9.62 Å². The molecule has 2 fully saturated rings. The molecular formula is C21H30Cl2N4O5S. The largest absolute Gasteiger partial charge is 0.453 e. The molecule has 2 atom stereocenters. The van der Waals surface area contributed by atoms with Crippen LogP contribution in [0.3, 0.4) is 0 Å². The van der Waals surface area contributed by atoms with Crippen LogP contribution in [0.1, 0.15) is 18.4 Å². The van der Waals surface area contributed by atoms with Crippen LogP contribution in [-0.2, 0) is 26.0 Å². The van der Waals surface area contributed by atoms with Crippen LogP contribution in [0, 0.1) is 0 Å². The number of amides is 2. The molecular weight excluding hydrogens is 491 g/mol. The highest BCUT2D eigenvalue weighted by Crippen LogP contribution is 2.25. The van der Waals surface area contributed by atoms with Gasteiger partial charge in [-0.1, -0.05) is 29.3 Å². The molecule has 1 aromatic rings. The molecule has 184 valence electrons. The van der Waals surface area contributed by atoms with E-state index in [0.717, 1.165) is 37.8 Å². The summed E-state index contributed by atoms with van der Waals surface area (Å²) >= 11 is 12.1. The first-order valence-corrected chi connectivity index (χ1v) is 13.5. The smallest absolute Gasteiger partial charge is 0.409 e. The second kappa shape index (κ2) is 11.2. The van der Waals surface area contributed by atoms with Gasteiger partial charge in [0.2, 0.25) is 15.9 Å². The Morgan fingerprint density at radius 3 is 2.33 bits per heavy atom. The number of sulfonamides is 1. The fraction of sp³-hybridized carbons (Fsp3) is 0.619. The zero-order chi connectivity index (χ0) is 24.2. The van der Waals surface area contributed by atoms with Crippen molar-refractivity contribution in [1.29, 1.82) is 0 Å². The fourth-order valence-corrected chi connectivity index (χ4v) is 5.27. The average molecular weight is 521 g/mol. The van der Waals surface area contributed by atoms with E-state index in [1.165, 1.54) is 12.0 Å². The Morgan fingerprint density at radius 1 is 1.06 bits per heavy atom. The Hall–Kier alpha value is -1.59. The van der Waals surface area contributed by atoms with Gasteiger partial charge in [-0.2, -0.15) is 0 Å². The molecule has 9 nitrogen and oxygen atoms in total. The van der Waals surface area contributed by atoms with Crippen LogP contribution in [-0.4, -0.2) is 99.8 Å². The Morgan fingerprint density at radius 2 is 1.73 bits per heavy atom. The van der Waals surface area contributed by atoms with Crippen LogP contribution in [0.4, 0.5) is 4.79 Å². The highest BCUT2D eigenvalue weighted by molar-refractivity contribution is 7.88. The molecule has 1 N–H and O–H groups in total. The number of piperazine rings is 1. The van der Waals surface area contributed by atoms with E-state index >= 15 is 0 Å². The van der Waals surface area contributed by atoms with Crippen molar-refractivity contribution < 1.29 is 22.7 Å². The first-order valence-electron chi connectivity index (χ1n) is 10.8. The van der Waals surface area contributed by atoms with E-state index in [4.69, 9.17) is 27.9 Å². The van der Waals surface area contributed by atoms with Gasteiger partial charge in [0.15, 0.2) is 0 Å². The number of ether oxygens (including phenoxy) is 1. The van der Waals surface area contributed by atoms with Gasteiger partial charge in [-0.15, -0.1) is 0 Å². The van der Waals surface area contributed by atoms with Crippen LogP contribution < -0.4 is 4.72 Å². The standard InChI is InChI=1S/C21H30Cl2N4O5S/c1-32-21(29)27-10-9-26(20(28)12-15-5-6-16(22)17(23)11-15)19(14-25-7-3-4-8-25)18(27)13-24-33(2,30)31/h5-6,11,18-19,24H,3-4,7-10,12-14H2,1-2H3/t18-,19+/m0/s1. The second-order valence-corrected chi connectivity index (χ2v) is 11.1. The molecule has 0 aliphatic carbocycles. The number of halogens is 2. The lowest BCUT2D eigenvalue weighted by Crippen LogP contribution is -2.67. The van der Waals surface area contributed by atoms with Crippen LogP contribution in [0.15, 0.2) is 18.2 Å². The minimum absolute atomic E-state index is 0.0109. The van der Waals surface area contributed by atoms with Gasteiger partial charge in [0, 0.05) is 26.2 Å². The van der Waals surface area contributed by atoms with E-state index in [-0.39, 0.29) is 25.4 Å². The quantitative estimate of drug-likeness (QED) is 0.588. The van der Waals surface area contributed by atoms with Gasteiger partial charge in [-0.3, -0.25) is 4.79 Å².